The molecule has 1 N–H and O–H groups in total. The summed E-state index contributed by atoms with van der Waals surface area (Å²) in [5.74, 6) is 0. The third-order valence-electron chi connectivity index (χ3n) is 1.81. The summed E-state index contributed by atoms with van der Waals surface area (Å²) in [5, 5.41) is 2.79. The van der Waals surface area contributed by atoms with Gasteiger partial charge in [0.25, 0.3) is 6.47 Å². The van der Waals surface area contributed by atoms with E-state index in [1.807, 2.05) is 26.8 Å². The summed E-state index contributed by atoms with van der Waals surface area (Å²) in [6, 6.07) is 0.162. The van der Waals surface area contributed by atoms with Crippen LogP contribution in [0.2, 0.25) is 0 Å². The first-order valence-corrected chi connectivity index (χ1v) is 5.51. The average molecular weight is 245 g/mol. The Balaban J connectivity index is 0. The first kappa shape index (κ1) is 15.5. The van der Waals surface area contributed by atoms with Crippen molar-refractivity contribution < 1.29 is 20.5 Å². The van der Waals surface area contributed by atoms with Gasteiger partial charge in [0.15, 0.2) is 0 Å². The fraction of sp³-hybridized carbons (Fsp3) is 0.667. The lowest BCUT2D eigenvalue weighted by Crippen LogP contribution is -2.37. The summed E-state index contributed by atoms with van der Waals surface area (Å²) in [5.41, 5.74) is -0.410. The Morgan fingerprint density at radius 3 is 2.47 bits per heavy atom. The number of amides is 1. The predicted octanol–water partition coefficient (Wildman–Crippen LogP) is 2.26. The number of hydrogen-bond acceptors (Lipinski definition) is 4. The molecule has 0 radical (unpaired) electrons. The van der Waals surface area contributed by atoms with Crippen LogP contribution in [-0.4, -0.2) is 31.3 Å². The van der Waals surface area contributed by atoms with Gasteiger partial charge in [0, 0.05) is 1.43 Å². The van der Waals surface area contributed by atoms with Gasteiger partial charge in [0.2, 0.25) is 0 Å². The maximum atomic E-state index is 11.2. The van der Waals surface area contributed by atoms with Crippen LogP contribution in [-0.2, 0) is 14.3 Å². The molecule has 1 rings (SSSR count). The Labute approximate surface area is 104 Å². The molecule has 1 aliphatic rings. The minimum Gasteiger partial charge on any atom is -0.471 e. The van der Waals surface area contributed by atoms with Crippen molar-refractivity contribution in [2.75, 3.05) is 7.11 Å². The number of carbonyl (C=O) groups excluding carboxylic acids is 2. The third-order valence-corrected chi connectivity index (χ3v) is 1.81. The fourth-order valence-electron chi connectivity index (χ4n) is 1.21. The van der Waals surface area contributed by atoms with E-state index >= 15 is 0 Å². The smallest absolute Gasteiger partial charge is 0.408 e. The Hall–Kier alpha value is -1.52. The van der Waals surface area contributed by atoms with Crippen molar-refractivity contribution in [1.82, 2.24) is 5.32 Å². The zero-order valence-electron chi connectivity index (χ0n) is 10.9. The molecule has 0 aromatic heterocycles. The lowest BCUT2D eigenvalue weighted by atomic mass is 10.2. The lowest BCUT2D eigenvalue weighted by Gasteiger charge is -2.21. The van der Waals surface area contributed by atoms with Crippen LogP contribution in [0.5, 0.6) is 0 Å². The normalized spacial score (nSPS) is 17.8. The molecular formula is C12H23NO4. The van der Waals surface area contributed by atoms with Gasteiger partial charge in [-0.25, -0.2) is 4.79 Å². The van der Waals surface area contributed by atoms with E-state index in [1.54, 1.807) is 0 Å². The van der Waals surface area contributed by atoms with Gasteiger partial charge in [0.05, 0.1) is 13.2 Å². The summed E-state index contributed by atoms with van der Waals surface area (Å²) >= 11 is 0. The standard InChI is InChI=1S/C10H17NO2.C2H4O2.H2/c1-10(2,3)13-9(12)11-8-6-4-5-7-8;1-4-2-3;/h4,6,8H,5,7H2,1-3H3,(H,11,12);2H,1H3;1H/t8-;;/m1../s1. The highest BCUT2D eigenvalue weighted by atomic mass is 16.6. The van der Waals surface area contributed by atoms with E-state index in [1.165, 1.54) is 7.11 Å². The van der Waals surface area contributed by atoms with Crippen LogP contribution in [0.15, 0.2) is 12.2 Å². The van der Waals surface area contributed by atoms with Crippen LogP contribution in [0.4, 0.5) is 4.79 Å². The molecule has 0 heterocycles. The van der Waals surface area contributed by atoms with Crippen LogP contribution in [0, 0.1) is 0 Å². The second-order valence-electron chi connectivity index (χ2n) is 4.59. The molecule has 0 saturated heterocycles. The summed E-state index contributed by atoms with van der Waals surface area (Å²) in [4.78, 5) is 20.2. The van der Waals surface area contributed by atoms with Crippen molar-refractivity contribution in [3.8, 4) is 0 Å². The van der Waals surface area contributed by atoms with E-state index < -0.39 is 5.60 Å². The predicted molar refractivity (Wildman–Crippen MR) is 66.7 cm³/mol. The van der Waals surface area contributed by atoms with Gasteiger partial charge >= 0.3 is 6.09 Å². The van der Waals surface area contributed by atoms with E-state index in [-0.39, 0.29) is 13.6 Å². The highest BCUT2D eigenvalue weighted by molar-refractivity contribution is 5.68. The van der Waals surface area contributed by atoms with Crippen molar-refractivity contribution in [3.63, 3.8) is 0 Å². The molecule has 1 atom stereocenters. The first-order chi connectivity index (χ1) is 7.89. The van der Waals surface area contributed by atoms with Crippen molar-refractivity contribution in [3.05, 3.63) is 12.2 Å². The van der Waals surface area contributed by atoms with Gasteiger partial charge in [-0.2, -0.15) is 0 Å². The number of carbonyl (C=O) groups is 2. The van der Waals surface area contributed by atoms with Gasteiger partial charge in [-0.1, -0.05) is 12.2 Å². The number of rotatable bonds is 2. The fourth-order valence-corrected chi connectivity index (χ4v) is 1.21. The maximum Gasteiger partial charge on any atom is 0.408 e. The van der Waals surface area contributed by atoms with Gasteiger partial charge in [-0.15, -0.1) is 0 Å². The van der Waals surface area contributed by atoms with Crippen LogP contribution in [0.3, 0.4) is 0 Å². The van der Waals surface area contributed by atoms with Crippen LogP contribution >= 0.6 is 0 Å². The monoisotopic (exact) mass is 245 g/mol. The molecule has 0 saturated carbocycles. The molecule has 5 heteroatoms. The van der Waals surface area contributed by atoms with Crippen molar-refractivity contribution in [2.45, 2.75) is 45.3 Å². The summed E-state index contributed by atoms with van der Waals surface area (Å²) in [6.07, 6.45) is 5.77. The molecule has 17 heavy (non-hydrogen) atoms. The Bertz CT molecular complexity index is 274. The van der Waals surface area contributed by atoms with Gasteiger partial charge in [0.1, 0.15) is 5.60 Å². The van der Waals surface area contributed by atoms with Gasteiger partial charge in [-0.05, 0) is 33.6 Å². The Morgan fingerprint density at radius 2 is 2.12 bits per heavy atom. The highest BCUT2D eigenvalue weighted by Crippen LogP contribution is 2.11. The van der Waals surface area contributed by atoms with Crippen LogP contribution in [0.25, 0.3) is 0 Å². The third kappa shape index (κ3) is 9.41. The number of methoxy groups -OCH3 is 1. The Morgan fingerprint density at radius 1 is 1.53 bits per heavy atom. The molecule has 0 spiro atoms. The van der Waals surface area contributed by atoms with E-state index in [0.29, 0.717) is 6.47 Å². The molecular weight excluding hydrogens is 222 g/mol. The topological polar surface area (TPSA) is 64.6 Å². The minimum absolute atomic E-state index is 0. The summed E-state index contributed by atoms with van der Waals surface area (Å²) in [7, 11) is 1.31. The molecule has 0 fully saturated rings. The zero-order chi connectivity index (χ0) is 13.3. The summed E-state index contributed by atoms with van der Waals surface area (Å²) < 4.78 is 8.98. The molecule has 0 unspecified atom stereocenters. The largest absolute Gasteiger partial charge is 0.471 e. The number of alkyl carbamates (subject to hydrolysis) is 1. The van der Waals surface area contributed by atoms with Crippen LogP contribution < -0.4 is 5.32 Å². The second-order valence-corrected chi connectivity index (χ2v) is 4.59. The van der Waals surface area contributed by atoms with Gasteiger partial charge in [-0.3, -0.25) is 4.79 Å². The maximum absolute atomic E-state index is 11.2. The number of ether oxygens (including phenoxy) is 2. The lowest BCUT2D eigenvalue weighted by molar-refractivity contribution is -0.126. The highest BCUT2D eigenvalue weighted by Gasteiger charge is 2.18. The van der Waals surface area contributed by atoms with Crippen LogP contribution in [0.1, 0.15) is 35.0 Å². The zero-order valence-corrected chi connectivity index (χ0v) is 10.9. The van der Waals surface area contributed by atoms with E-state index in [2.05, 4.69) is 16.1 Å². The van der Waals surface area contributed by atoms with E-state index in [9.17, 15) is 4.79 Å². The van der Waals surface area contributed by atoms with Crippen molar-refractivity contribution >= 4 is 12.6 Å². The molecule has 0 aliphatic heterocycles. The molecule has 0 aromatic rings. The van der Waals surface area contributed by atoms with E-state index in [0.717, 1.165) is 12.8 Å². The molecule has 100 valence electrons. The molecule has 1 amide bonds. The second kappa shape index (κ2) is 7.70. The molecule has 1 aliphatic carbocycles. The van der Waals surface area contributed by atoms with Gasteiger partial charge < -0.3 is 14.8 Å². The quantitative estimate of drug-likeness (QED) is 0.598. The summed E-state index contributed by atoms with van der Waals surface area (Å²) in [6.45, 7) is 5.95. The average Bonchev–Trinajstić information content (AvgIpc) is 2.67. The van der Waals surface area contributed by atoms with Crippen molar-refractivity contribution in [2.24, 2.45) is 0 Å². The molecule has 5 nitrogen and oxygen atoms in total. The van der Waals surface area contributed by atoms with Crippen molar-refractivity contribution in [1.29, 1.82) is 0 Å². The number of allylic oxidation sites excluding steroid dienone is 1. The molecule has 0 aromatic carbocycles. The number of nitrogens with one attached hydrogen (secondary N) is 1. The minimum atomic E-state index is -0.410. The number of hydrogen-bond donors (Lipinski definition) is 1. The molecule has 0 bridgehead atoms. The first-order valence-electron chi connectivity index (χ1n) is 5.51. The van der Waals surface area contributed by atoms with E-state index in [4.69, 9.17) is 9.53 Å². The SMILES string of the molecule is CC(C)(C)OC(=O)N[C@@H]1C=CCC1.COC=O.[HH]. The Kier molecular flexibility index (Phi) is 7.02.